The summed E-state index contributed by atoms with van der Waals surface area (Å²) >= 11 is 0. The van der Waals surface area contributed by atoms with E-state index >= 15 is 0 Å². The van der Waals surface area contributed by atoms with E-state index in [1.165, 1.54) is 180 Å². The van der Waals surface area contributed by atoms with Gasteiger partial charge in [0.2, 0.25) is 0 Å². The van der Waals surface area contributed by atoms with Crippen LogP contribution >= 0.6 is 0 Å². The van der Waals surface area contributed by atoms with Crippen molar-refractivity contribution in [3.63, 3.8) is 0 Å². The number of hydrogen-bond acceptors (Lipinski definition) is 6. The first-order chi connectivity index (χ1) is 41.0. The monoisotopic (exact) mass is 1150 g/mol. The molecule has 0 amide bonds. The average molecular weight is 1150 g/mol. The molecule has 0 aliphatic heterocycles. The third-order valence-corrected chi connectivity index (χ3v) is 15.2. The Morgan fingerprint density at radius 2 is 0.470 bits per heavy atom. The molecule has 0 aliphatic rings. The van der Waals surface area contributed by atoms with Crippen LogP contribution in [0.25, 0.3) is 0 Å². The molecule has 476 valence electrons. The van der Waals surface area contributed by atoms with Crippen molar-refractivity contribution >= 4 is 17.9 Å². The van der Waals surface area contributed by atoms with E-state index in [2.05, 4.69) is 130 Å². The highest BCUT2D eigenvalue weighted by Crippen LogP contribution is 2.17. The molecular weight excluding hydrogens is 1020 g/mol. The molecule has 0 heterocycles. The van der Waals surface area contributed by atoms with Crippen LogP contribution in [0.1, 0.15) is 342 Å². The minimum Gasteiger partial charge on any atom is -0.462 e. The van der Waals surface area contributed by atoms with Crippen molar-refractivity contribution in [3.8, 4) is 0 Å². The van der Waals surface area contributed by atoms with E-state index in [9.17, 15) is 14.4 Å². The van der Waals surface area contributed by atoms with Gasteiger partial charge in [0.25, 0.3) is 0 Å². The Labute approximate surface area is 514 Å². The highest BCUT2D eigenvalue weighted by atomic mass is 16.6. The Morgan fingerprint density at radius 3 is 0.735 bits per heavy atom. The van der Waals surface area contributed by atoms with Crippen LogP contribution in [-0.4, -0.2) is 37.2 Å². The van der Waals surface area contributed by atoms with Crippen LogP contribution in [0.15, 0.2) is 109 Å². The van der Waals surface area contributed by atoms with Gasteiger partial charge in [-0.2, -0.15) is 0 Å². The molecule has 1 unspecified atom stereocenters. The zero-order chi connectivity index (χ0) is 59.9. The van der Waals surface area contributed by atoms with Crippen molar-refractivity contribution in [2.24, 2.45) is 0 Å². The van der Waals surface area contributed by atoms with Crippen molar-refractivity contribution in [1.82, 2.24) is 0 Å². The molecule has 0 aromatic rings. The maximum absolute atomic E-state index is 13.0. The second kappa shape index (κ2) is 70.6. The van der Waals surface area contributed by atoms with Gasteiger partial charge in [-0.3, -0.25) is 14.4 Å². The lowest BCUT2D eigenvalue weighted by Crippen LogP contribution is -2.30. The summed E-state index contributed by atoms with van der Waals surface area (Å²) in [6, 6.07) is 0. The quantitative estimate of drug-likeness (QED) is 0.0261. The highest BCUT2D eigenvalue weighted by molar-refractivity contribution is 5.71. The third kappa shape index (κ3) is 68.7. The summed E-state index contributed by atoms with van der Waals surface area (Å²) in [6.45, 7) is 6.51. The first kappa shape index (κ1) is 79.1. The van der Waals surface area contributed by atoms with Crippen molar-refractivity contribution in [1.29, 1.82) is 0 Å². The van der Waals surface area contributed by atoms with E-state index in [0.717, 1.165) is 122 Å². The Kier molecular flexibility index (Phi) is 67.2. The molecule has 0 saturated heterocycles. The fourth-order valence-corrected chi connectivity index (χ4v) is 9.94. The fourth-order valence-electron chi connectivity index (χ4n) is 9.94. The lowest BCUT2D eigenvalue weighted by Gasteiger charge is -2.18. The molecule has 0 fully saturated rings. The van der Waals surface area contributed by atoms with Crippen LogP contribution in [0.5, 0.6) is 0 Å². The molecule has 6 nitrogen and oxygen atoms in total. The summed E-state index contributed by atoms with van der Waals surface area (Å²) in [5.74, 6) is -0.909. The first-order valence-electron chi connectivity index (χ1n) is 35.4. The van der Waals surface area contributed by atoms with Gasteiger partial charge in [-0.15, -0.1) is 0 Å². The number of carbonyl (C=O) groups excluding carboxylic acids is 3. The van der Waals surface area contributed by atoms with Crippen LogP contribution < -0.4 is 0 Å². The summed E-state index contributed by atoms with van der Waals surface area (Å²) < 4.78 is 17.0. The maximum atomic E-state index is 13.0. The standard InChI is InChI=1S/C77H132O6/c1-4-7-10-13-16-19-22-25-28-31-33-35-37-38-40-41-43-46-49-52-55-58-61-64-67-70-76(79)82-73-74(72-81-75(78)69-66-63-60-57-54-51-48-45-30-27-24-21-18-15-12-9-6-3)83-77(80)71-68-65-62-59-56-53-50-47-44-42-39-36-34-32-29-26-23-20-17-14-11-8-5-2/h9,12,18,21-23,25-27,30-34,39,42,48,51,74H,4-8,10-11,13-17,19-20,24,28-29,35-38,40-41,43-47,49-50,52-73H2,1-3H3/b12-9-,21-18-,25-22-,26-23-,30-27-,33-31-,34-32-,42-39-,51-48-. The Morgan fingerprint density at radius 1 is 0.253 bits per heavy atom. The number of rotatable bonds is 64. The van der Waals surface area contributed by atoms with Crippen LogP contribution in [-0.2, 0) is 28.6 Å². The molecule has 0 aromatic heterocycles. The summed E-state index contributed by atoms with van der Waals surface area (Å²) in [7, 11) is 0. The largest absolute Gasteiger partial charge is 0.462 e. The van der Waals surface area contributed by atoms with Gasteiger partial charge >= 0.3 is 17.9 Å². The van der Waals surface area contributed by atoms with E-state index in [1.54, 1.807) is 0 Å². The predicted octanol–water partition coefficient (Wildman–Crippen LogP) is 24.6. The van der Waals surface area contributed by atoms with E-state index in [4.69, 9.17) is 14.2 Å². The molecule has 0 rings (SSSR count). The number of carbonyl (C=O) groups is 3. The topological polar surface area (TPSA) is 78.9 Å². The van der Waals surface area contributed by atoms with E-state index in [0.29, 0.717) is 19.3 Å². The van der Waals surface area contributed by atoms with Gasteiger partial charge in [-0.05, 0) is 128 Å². The van der Waals surface area contributed by atoms with E-state index in [1.807, 2.05) is 0 Å². The smallest absolute Gasteiger partial charge is 0.306 e. The third-order valence-electron chi connectivity index (χ3n) is 15.2. The molecule has 0 bridgehead atoms. The molecule has 6 heteroatoms. The Bertz CT molecular complexity index is 1660. The number of esters is 3. The number of unbranched alkanes of at least 4 members (excludes halogenated alkanes) is 35. The molecule has 0 aromatic carbocycles. The van der Waals surface area contributed by atoms with Crippen LogP contribution in [0.4, 0.5) is 0 Å². The zero-order valence-electron chi connectivity index (χ0n) is 54.7. The first-order valence-corrected chi connectivity index (χ1v) is 35.4. The average Bonchev–Trinajstić information content (AvgIpc) is 3.49. The van der Waals surface area contributed by atoms with Gasteiger partial charge in [0, 0.05) is 19.3 Å². The molecular formula is C77H132O6. The molecule has 0 saturated carbocycles. The van der Waals surface area contributed by atoms with Crippen LogP contribution in [0.2, 0.25) is 0 Å². The summed E-state index contributed by atoms with van der Waals surface area (Å²) in [5.41, 5.74) is 0. The highest BCUT2D eigenvalue weighted by Gasteiger charge is 2.19. The lowest BCUT2D eigenvalue weighted by molar-refractivity contribution is -0.167. The second-order valence-corrected chi connectivity index (χ2v) is 23.4. The molecule has 0 N–H and O–H groups in total. The van der Waals surface area contributed by atoms with E-state index in [-0.39, 0.29) is 31.1 Å². The molecule has 1 atom stereocenters. The summed E-state index contributed by atoms with van der Waals surface area (Å²) in [4.78, 5) is 38.5. The minimum absolute atomic E-state index is 0.0893. The second-order valence-electron chi connectivity index (χ2n) is 23.4. The molecule has 83 heavy (non-hydrogen) atoms. The van der Waals surface area contributed by atoms with Gasteiger partial charge in [-0.25, -0.2) is 0 Å². The molecule has 0 spiro atoms. The van der Waals surface area contributed by atoms with Crippen molar-refractivity contribution in [2.75, 3.05) is 13.2 Å². The normalized spacial score (nSPS) is 12.8. The zero-order valence-corrected chi connectivity index (χ0v) is 54.7. The van der Waals surface area contributed by atoms with Crippen molar-refractivity contribution in [3.05, 3.63) is 109 Å². The van der Waals surface area contributed by atoms with Gasteiger partial charge in [-0.1, -0.05) is 304 Å². The maximum Gasteiger partial charge on any atom is 0.306 e. The van der Waals surface area contributed by atoms with Crippen LogP contribution in [0.3, 0.4) is 0 Å². The Balaban J connectivity index is 4.39. The van der Waals surface area contributed by atoms with Gasteiger partial charge in [0.05, 0.1) is 0 Å². The number of hydrogen-bond donors (Lipinski definition) is 0. The van der Waals surface area contributed by atoms with Crippen molar-refractivity contribution in [2.45, 2.75) is 348 Å². The van der Waals surface area contributed by atoms with Crippen molar-refractivity contribution < 1.29 is 28.6 Å². The number of ether oxygens (including phenoxy) is 3. The lowest BCUT2D eigenvalue weighted by atomic mass is 10.0. The van der Waals surface area contributed by atoms with E-state index < -0.39 is 6.10 Å². The fraction of sp³-hybridized carbons (Fsp3) is 0.727. The van der Waals surface area contributed by atoms with Crippen LogP contribution in [0, 0.1) is 0 Å². The molecule has 0 aliphatic carbocycles. The summed E-state index contributed by atoms with van der Waals surface area (Å²) in [5, 5.41) is 0. The molecule has 0 radical (unpaired) electrons. The van der Waals surface area contributed by atoms with Gasteiger partial charge in [0.15, 0.2) is 6.10 Å². The Hall–Kier alpha value is -3.93. The van der Waals surface area contributed by atoms with Gasteiger partial charge in [0.1, 0.15) is 13.2 Å². The predicted molar refractivity (Wildman–Crippen MR) is 362 cm³/mol. The SMILES string of the molecule is CC/C=C\C/C=C\C/C=C\C/C=C\CCCCCCC(=O)OCC(COC(=O)CCCCCCCCCCCCCCC/C=C\C/C=C\CCCCCCC)OC(=O)CCCCCCCCCC/C=C\C/C=C\C/C=C\CCCCCCC. The van der Waals surface area contributed by atoms with Gasteiger partial charge < -0.3 is 14.2 Å². The minimum atomic E-state index is -0.797. The summed E-state index contributed by atoms with van der Waals surface area (Å²) in [6.07, 6.45) is 96.8. The number of allylic oxidation sites excluding steroid dienone is 18.